The summed E-state index contributed by atoms with van der Waals surface area (Å²) in [5.74, 6) is -0.505. The highest BCUT2D eigenvalue weighted by Crippen LogP contribution is 2.24. The lowest BCUT2D eigenvalue weighted by atomic mass is 9.93. The molecule has 0 aromatic heterocycles. The van der Waals surface area contributed by atoms with Crippen LogP contribution in [0.5, 0.6) is 0 Å². The number of hydrogen-bond donors (Lipinski definition) is 2. The van der Waals surface area contributed by atoms with Gasteiger partial charge in [0.25, 0.3) is 0 Å². The molecule has 0 bridgehead atoms. The third-order valence-electron chi connectivity index (χ3n) is 3.71. The fraction of sp³-hybridized carbons (Fsp3) is 0.467. The molecule has 4 N–H and O–H groups in total. The van der Waals surface area contributed by atoms with Crippen LogP contribution in [0.15, 0.2) is 24.3 Å². The van der Waals surface area contributed by atoms with Gasteiger partial charge in [0.15, 0.2) is 0 Å². The summed E-state index contributed by atoms with van der Waals surface area (Å²) in [4.78, 5) is 25.5. The van der Waals surface area contributed by atoms with Gasteiger partial charge < -0.3 is 16.4 Å². The minimum atomic E-state index is -0.550. The largest absolute Gasteiger partial charge is 0.368 e. The highest BCUT2D eigenvalue weighted by molar-refractivity contribution is 5.87. The van der Waals surface area contributed by atoms with Crippen molar-refractivity contribution in [3.8, 4) is 0 Å². The monoisotopic (exact) mass is 275 g/mol. The molecule has 1 aromatic carbocycles. The minimum absolute atomic E-state index is 0.0249. The maximum atomic E-state index is 12.3. The summed E-state index contributed by atoms with van der Waals surface area (Å²) in [5, 5.41) is 0. The van der Waals surface area contributed by atoms with Gasteiger partial charge in [-0.1, -0.05) is 24.3 Å². The van der Waals surface area contributed by atoms with Crippen molar-refractivity contribution in [2.24, 2.45) is 11.5 Å². The number of hydrogen-bond acceptors (Lipinski definition) is 3. The Hall–Kier alpha value is -1.88. The maximum absolute atomic E-state index is 12.3. The number of benzene rings is 1. The lowest BCUT2D eigenvalue weighted by molar-refractivity contribution is -0.140. The molecule has 1 aliphatic heterocycles. The van der Waals surface area contributed by atoms with Crippen molar-refractivity contribution >= 4 is 11.8 Å². The second-order valence-corrected chi connectivity index (χ2v) is 5.43. The van der Waals surface area contributed by atoms with Gasteiger partial charge in [0.05, 0.1) is 0 Å². The molecule has 20 heavy (non-hydrogen) atoms. The Morgan fingerprint density at radius 2 is 2.00 bits per heavy atom. The van der Waals surface area contributed by atoms with Crippen LogP contribution in [-0.4, -0.2) is 28.8 Å². The predicted octanol–water partition coefficient (Wildman–Crippen LogP) is 0.553. The lowest BCUT2D eigenvalue weighted by Gasteiger charge is -2.35. The summed E-state index contributed by atoms with van der Waals surface area (Å²) in [6.07, 6.45) is 1.46. The third kappa shape index (κ3) is 3.17. The Labute approximate surface area is 118 Å². The topological polar surface area (TPSA) is 89.4 Å². The zero-order chi connectivity index (χ0) is 14.7. The highest BCUT2D eigenvalue weighted by Gasteiger charge is 2.32. The van der Waals surface area contributed by atoms with Gasteiger partial charge in [-0.05, 0) is 24.5 Å². The number of nitrogens with two attached hydrogens (primary N) is 2. The van der Waals surface area contributed by atoms with E-state index in [0.717, 1.165) is 11.1 Å². The zero-order valence-corrected chi connectivity index (χ0v) is 11.7. The Kier molecular flexibility index (Phi) is 4.39. The lowest BCUT2D eigenvalue weighted by Crippen LogP contribution is -2.51. The Balaban J connectivity index is 2.18. The molecule has 5 heteroatoms. The van der Waals surface area contributed by atoms with E-state index in [1.807, 2.05) is 31.2 Å². The normalized spacial score (nSPS) is 19.3. The number of carbonyl (C=O) groups is 2. The molecule has 2 rings (SSSR count). The van der Waals surface area contributed by atoms with E-state index in [1.165, 1.54) is 0 Å². The zero-order valence-electron chi connectivity index (χ0n) is 11.7. The van der Waals surface area contributed by atoms with Gasteiger partial charge in [-0.3, -0.25) is 9.59 Å². The molecule has 1 aromatic rings. The molecule has 2 unspecified atom stereocenters. The molecule has 2 atom stereocenters. The maximum Gasteiger partial charge on any atom is 0.240 e. The Bertz CT molecular complexity index is 514. The van der Waals surface area contributed by atoms with Crippen molar-refractivity contribution in [1.82, 2.24) is 4.90 Å². The number of rotatable bonds is 4. The van der Waals surface area contributed by atoms with Crippen LogP contribution in [0.2, 0.25) is 0 Å². The molecule has 0 aliphatic carbocycles. The molecule has 1 aliphatic rings. The van der Waals surface area contributed by atoms with E-state index >= 15 is 0 Å². The average Bonchev–Trinajstić information content (AvgIpc) is 2.43. The predicted molar refractivity (Wildman–Crippen MR) is 76.6 cm³/mol. The van der Waals surface area contributed by atoms with E-state index in [2.05, 4.69) is 0 Å². The number of amides is 2. The van der Waals surface area contributed by atoms with Crippen molar-refractivity contribution < 1.29 is 9.59 Å². The highest BCUT2D eigenvalue weighted by atomic mass is 16.2. The summed E-state index contributed by atoms with van der Waals surface area (Å²) < 4.78 is 0. The molecule has 0 spiro atoms. The van der Waals surface area contributed by atoms with Gasteiger partial charge in [-0.15, -0.1) is 0 Å². The standard InChI is InChI=1S/C15H21N3O2/c1-10(16)6-7-14(19)18-9-12-5-3-2-4-11(12)8-13(18)15(17)20/h2-5,10,13H,6-9,16H2,1H3,(H2,17,20). The fourth-order valence-electron chi connectivity index (χ4n) is 2.53. The fourth-order valence-corrected chi connectivity index (χ4v) is 2.53. The molecule has 0 fully saturated rings. The molecule has 1 heterocycles. The first-order valence-corrected chi connectivity index (χ1v) is 6.90. The summed E-state index contributed by atoms with van der Waals surface area (Å²) >= 11 is 0. The average molecular weight is 275 g/mol. The molecule has 0 radical (unpaired) electrons. The summed E-state index contributed by atoms with van der Waals surface area (Å²) in [6.45, 7) is 2.31. The van der Waals surface area contributed by atoms with Crippen molar-refractivity contribution in [2.45, 2.75) is 44.8 Å². The van der Waals surface area contributed by atoms with E-state index in [4.69, 9.17) is 11.5 Å². The van der Waals surface area contributed by atoms with Crippen molar-refractivity contribution in [1.29, 1.82) is 0 Å². The third-order valence-corrected chi connectivity index (χ3v) is 3.71. The van der Waals surface area contributed by atoms with Gasteiger partial charge in [0.1, 0.15) is 6.04 Å². The molecular weight excluding hydrogens is 254 g/mol. The second-order valence-electron chi connectivity index (χ2n) is 5.43. The second kappa shape index (κ2) is 6.05. The molecule has 0 saturated heterocycles. The van der Waals surface area contributed by atoms with Crippen LogP contribution < -0.4 is 11.5 Å². The summed E-state index contributed by atoms with van der Waals surface area (Å²) in [6, 6.07) is 7.26. The van der Waals surface area contributed by atoms with Crippen LogP contribution >= 0.6 is 0 Å². The molecule has 2 amide bonds. The minimum Gasteiger partial charge on any atom is -0.368 e. The summed E-state index contributed by atoms with van der Waals surface area (Å²) in [5.41, 5.74) is 13.3. The van der Waals surface area contributed by atoms with Gasteiger partial charge in [-0.2, -0.15) is 0 Å². The van der Waals surface area contributed by atoms with Crippen molar-refractivity contribution in [3.63, 3.8) is 0 Å². The van der Waals surface area contributed by atoms with Gasteiger partial charge in [0.2, 0.25) is 11.8 Å². The van der Waals surface area contributed by atoms with Crippen LogP contribution in [0.3, 0.4) is 0 Å². The smallest absolute Gasteiger partial charge is 0.240 e. The van der Waals surface area contributed by atoms with Gasteiger partial charge >= 0.3 is 0 Å². The van der Waals surface area contributed by atoms with Crippen molar-refractivity contribution in [2.75, 3.05) is 0 Å². The number of carbonyl (C=O) groups excluding carboxylic acids is 2. The first kappa shape index (κ1) is 14.5. The van der Waals surface area contributed by atoms with E-state index in [1.54, 1.807) is 4.90 Å². The molecular formula is C15H21N3O2. The molecule has 0 saturated carbocycles. The summed E-state index contributed by atoms with van der Waals surface area (Å²) in [7, 11) is 0. The van der Waals surface area contributed by atoms with Crippen molar-refractivity contribution in [3.05, 3.63) is 35.4 Å². The van der Waals surface area contributed by atoms with Gasteiger partial charge in [0, 0.05) is 25.4 Å². The molecule has 108 valence electrons. The quantitative estimate of drug-likeness (QED) is 0.841. The van der Waals surface area contributed by atoms with Crippen LogP contribution in [0.4, 0.5) is 0 Å². The number of fused-ring (bicyclic) bond motifs is 1. The molecule has 5 nitrogen and oxygen atoms in total. The number of primary amides is 1. The van der Waals surface area contributed by atoms with Crippen LogP contribution in [0.25, 0.3) is 0 Å². The van der Waals surface area contributed by atoms with Crippen LogP contribution in [0, 0.1) is 0 Å². The first-order valence-electron chi connectivity index (χ1n) is 6.90. The SMILES string of the molecule is CC(N)CCC(=O)N1Cc2ccccc2CC1C(N)=O. The number of nitrogens with zero attached hydrogens (tertiary/aromatic N) is 1. The van der Waals surface area contributed by atoms with E-state index in [0.29, 0.717) is 25.8 Å². The van der Waals surface area contributed by atoms with Crippen LogP contribution in [0.1, 0.15) is 30.9 Å². The van der Waals surface area contributed by atoms with Gasteiger partial charge in [-0.25, -0.2) is 0 Å². The van der Waals surface area contributed by atoms with E-state index < -0.39 is 11.9 Å². The first-order chi connectivity index (χ1) is 9.49. The Morgan fingerprint density at radius 3 is 2.60 bits per heavy atom. The van der Waals surface area contributed by atoms with Crippen LogP contribution in [-0.2, 0) is 22.6 Å². The van der Waals surface area contributed by atoms with E-state index in [9.17, 15) is 9.59 Å². The Morgan fingerprint density at radius 1 is 1.35 bits per heavy atom. The van der Waals surface area contributed by atoms with E-state index in [-0.39, 0.29) is 11.9 Å².